The number of rotatable bonds is 3. The van der Waals surface area contributed by atoms with Gasteiger partial charge in [-0.25, -0.2) is 0 Å². The number of aliphatic hydroxyl groups excluding tert-OH is 1. The molecule has 3 heteroatoms. The van der Waals surface area contributed by atoms with Gasteiger partial charge in [-0.05, 0) is 31.2 Å². The van der Waals surface area contributed by atoms with E-state index >= 15 is 0 Å². The monoisotopic (exact) mass is 227 g/mol. The first kappa shape index (κ1) is 12.5. The average molecular weight is 228 g/mol. The van der Waals surface area contributed by atoms with Crippen molar-refractivity contribution in [2.75, 3.05) is 0 Å². The quantitative estimate of drug-likeness (QED) is 0.832. The van der Waals surface area contributed by atoms with Crippen LogP contribution in [0, 0.1) is 12.8 Å². The van der Waals surface area contributed by atoms with Gasteiger partial charge in [0.1, 0.15) is 0 Å². The van der Waals surface area contributed by atoms with Crippen molar-refractivity contribution in [1.82, 2.24) is 0 Å². The molecule has 0 radical (unpaired) electrons. The van der Waals surface area contributed by atoms with Crippen molar-refractivity contribution in [1.29, 1.82) is 0 Å². The fraction of sp³-hybridized carbons (Fsp3) is 0.500. The van der Waals surface area contributed by atoms with Gasteiger partial charge in [0.2, 0.25) is 0 Å². The third-order valence-electron chi connectivity index (χ3n) is 2.94. The van der Waals surface area contributed by atoms with Gasteiger partial charge < -0.3 is 10.8 Å². The lowest BCUT2D eigenvalue weighted by molar-refractivity contribution is 0.122. The van der Waals surface area contributed by atoms with E-state index in [0.29, 0.717) is 5.92 Å². The molecule has 0 spiro atoms. The normalized spacial score (nSPS) is 19.1. The second kappa shape index (κ2) is 4.97. The lowest BCUT2D eigenvalue weighted by Crippen LogP contribution is -2.27. The Kier molecular flexibility index (Phi) is 4.14. The molecule has 1 fully saturated rings. The van der Waals surface area contributed by atoms with Gasteiger partial charge in [0, 0.05) is 0 Å². The molecule has 2 rings (SSSR count). The lowest BCUT2D eigenvalue weighted by atomic mass is 9.98. The van der Waals surface area contributed by atoms with Crippen LogP contribution in [-0.2, 0) is 0 Å². The van der Waals surface area contributed by atoms with Gasteiger partial charge in [0.25, 0.3) is 0 Å². The molecule has 84 valence electrons. The predicted octanol–water partition coefficient (Wildman–Crippen LogP) is 2.19. The summed E-state index contributed by atoms with van der Waals surface area (Å²) in [4.78, 5) is 0. The molecule has 2 atom stereocenters. The van der Waals surface area contributed by atoms with Gasteiger partial charge in [-0.1, -0.05) is 29.8 Å². The van der Waals surface area contributed by atoms with Crippen LogP contribution in [0.5, 0.6) is 0 Å². The Balaban J connectivity index is 0.00000112. The molecule has 0 unspecified atom stereocenters. The van der Waals surface area contributed by atoms with E-state index in [2.05, 4.69) is 0 Å². The summed E-state index contributed by atoms with van der Waals surface area (Å²) in [6.45, 7) is 2.05. The van der Waals surface area contributed by atoms with Crippen molar-refractivity contribution in [3.8, 4) is 0 Å². The van der Waals surface area contributed by atoms with Gasteiger partial charge in [-0.3, -0.25) is 0 Å². The summed E-state index contributed by atoms with van der Waals surface area (Å²) in [7, 11) is 0. The third kappa shape index (κ3) is 2.94. The first-order valence-electron chi connectivity index (χ1n) is 5.18. The molecule has 15 heavy (non-hydrogen) atoms. The number of aryl methyl sites for hydroxylation is 1. The molecule has 1 aromatic rings. The summed E-state index contributed by atoms with van der Waals surface area (Å²) in [6.07, 6.45) is 1.89. The van der Waals surface area contributed by atoms with E-state index < -0.39 is 0 Å². The highest BCUT2D eigenvalue weighted by molar-refractivity contribution is 5.85. The van der Waals surface area contributed by atoms with Gasteiger partial charge >= 0.3 is 0 Å². The highest BCUT2D eigenvalue weighted by Crippen LogP contribution is 2.37. The maximum absolute atomic E-state index is 9.86. The SMILES string of the molecule is Cc1ccc([C@H](N)[C@H](O)C2CC2)cc1.Cl. The van der Waals surface area contributed by atoms with Crippen LogP contribution in [-0.4, -0.2) is 11.2 Å². The molecule has 0 amide bonds. The molecule has 1 aromatic carbocycles. The molecule has 0 aliphatic heterocycles. The van der Waals surface area contributed by atoms with Crippen molar-refractivity contribution in [2.45, 2.75) is 31.9 Å². The minimum atomic E-state index is -0.363. The van der Waals surface area contributed by atoms with Crippen LogP contribution in [0.4, 0.5) is 0 Å². The minimum Gasteiger partial charge on any atom is -0.391 e. The molecular weight excluding hydrogens is 210 g/mol. The van der Waals surface area contributed by atoms with Crippen molar-refractivity contribution in [3.05, 3.63) is 35.4 Å². The number of hydrogen-bond acceptors (Lipinski definition) is 2. The average Bonchev–Trinajstić information content (AvgIpc) is 3.00. The Labute approximate surface area is 96.9 Å². The number of nitrogens with two attached hydrogens (primary N) is 1. The molecule has 1 aliphatic rings. The lowest BCUT2D eigenvalue weighted by Gasteiger charge is -2.18. The van der Waals surface area contributed by atoms with Crippen LogP contribution < -0.4 is 5.73 Å². The summed E-state index contributed by atoms with van der Waals surface area (Å²) >= 11 is 0. The van der Waals surface area contributed by atoms with E-state index in [-0.39, 0.29) is 24.6 Å². The van der Waals surface area contributed by atoms with E-state index in [1.807, 2.05) is 31.2 Å². The minimum absolute atomic E-state index is 0. The number of aliphatic hydroxyl groups is 1. The second-order valence-corrected chi connectivity index (χ2v) is 4.26. The highest BCUT2D eigenvalue weighted by atomic mass is 35.5. The van der Waals surface area contributed by atoms with Gasteiger partial charge in [-0.2, -0.15) is 0 Å². The van der Waals surface area contributed by atoms with E-state index in [1.165, 1.54) is 5.56 Å². The van der Waals surface area contributed by atoms with Crippen molar-refractivity contribution < 1.29 is 5.11 Å². The standard InChI is InChI=1S/C12H17NO.ClH/c1-8-2-4-9(5-3-8)11(13)12(14)10-6-7-10;/h2-5,10-12,14H,6-7,13H2,1H3;1H/t11-,12+;/m0./s1. The number of hydrogen-bond donors (Lipinski definition) is 2. The molecular formula is C12H18ClNO. The topological polar surface area (TPSA) is 46.2 Å². The van der Waals surface area contributed by atoms with Crippen molar-refractivity contribution in [3.63, 3.8) is 0 Å². The number of benzene rings is 1. The summed E-state index contributed by atoms with van der Waals surface area (Å²) in [5.41, 5.74) is 8.24. The Bertz CT molecular complexity index is 308. The van der Waals surface area contributed by atoms with Crippen LogP contribution in [0.15, 0.2) is 24.3 Å². The fourth-order valence-electron chi connectivity index (χ4n) is 1.72. The van der Waals surface area contributed by atoms with Gasteiger partial charge in [0.05, 0.1) is 12.1 Å². The molecule has 2 nitrogen and oxygen atoms in total. The molecule has 1 saturated carbocycles. The van der Waals surface area contributed by atoms with Gasteiger partial charge in [0.15, 0.2) is 0 Å². The zero-order chi connectivity index (χ0) is 10.1. The van der Waals surface area contributed by atoms with Crippen LogP contribution in [0.1, 0.15) is 30.0 Å². The maximum Gasteiger partial charge on any atom is 0.0760 e. The molecule has 0 aromatic heterocycles. The first-order chi connectivity index (χ1) is 6.68. The zero-order valence-electron chi connectivity index (χ0n) is 8.89. The van der Waals surface area contributed by atoms with Crippen LogP contribution >= 0.6 is 12.4 Å². The van der Waals surface area contributed by atoms with E-state index in [1.54, 1.807) is 0 Å². The molecule has 1 aliphatic carbocycles. The van der Waals surface area contributed by atoms with Crippen molar-refractivity contribution in [2.24, 2.45) is 11.7 Å². The van der Waals surface area contributed by atoms with E-state index in [4.69, 9.17) is 5.73 Å². The largest absolute Gasteiger partial charge is 0.391 e. The van der Waals surface area contributed by atoms with Crippen LogP contribution in [0.25, 0.3) is 0 Å². The summed E-state index contributed by atoms with van der Waals surface area (Å²) < 4.78 is 0. The molecule has 0 heterocycles. The zero-order valence-corrected chi connectivity index (χ0v) is 9.70. The summed E-state index contributed by atoms with van der Waals surface area (Å²) in [5, 5.41) is 9.86. The third-order valence-corrected chi connectivity index (χ3v) is 2.94. The fourth-order valence-corrected chi connectivity index (χ4v) is 1.72. The summed E-state index contributed by atoms with van der Waals surface area (Å²) in [6, 6.07) is 7.86. The predicted molar refractivity (Wildman–Crippen MR) is 64.1 cm³/mol. The van der Waals surface area contributed by atoms with Crippen molar-refractivity contribution >= 4 is 12.4 Å². The number of halogens is 1. The Morgan fingerprint density at radius 2 is 1.80 bits per heavy atom. The first-order valence-corrected chi connectivity index (χ1v) is 5.18. The van der Waals surface area contributed by atoms with E-state index in [0.717, 1.165) is 18.4 Å². The molecule has 3 N–H and O–H groups in total. The maximum atomic E-state index is 9.86. The second-order valence-electron chi connectivity index (χ2n) is 4.26. The Morgan fingerprint density at radius 3 is 2.27 bits per heavy atom. The van der Waals surface area contributed by atoms with Crippen LogP contribution in [0.2, 0.25) is 0 Å². The molecule has 0 saturated heterocycles. The smallest absolute Gasteiger partial charge is 0.0760 e. The van der Waals surface area contributed by atoms with Crippen LogP contribution in [0.3, 0.4) is 0 Å². The molecule has 0 bridgehead atoms. The Hall–Kier alpha value is -0.570. The summed E-state index contributed by atoms with van der Waals surface area (Å²) in [5.74, 6) is 0.436. The van der Waals surface area contributed by atoms with Gasteiger partial charge in [-0.15, -0.1) is 12.4 Å². The Morgan fingerprint density at radius 1 is 1.27 bits per heavy atom. The highest BCUT2D eigenvalue weighted by Gasteiger charge is 2.34. The van der Waals surface area contributed by atoms with E-state index in [9.17, 15) is 5.11 Å².